The van der Waals surface area contributed by atoms with Crippen molar-refractivity contribution >= 4 is 40.2 Å². The molecule has 14 heteroatoms. The summed E-state index contributed by atoms with van der Waals surface area (Å²) >= 11 is 0. The lowest BCUT2D eigenvalue weighted by molar-refractivity contribution is -0.146. The molecule has 300 valence electrons. The van der Waals surface area contributed by atoms with Crippen LogP contribution in [0, 0.1) is 11.2 Å². The summed E-state index contributed by atoms with van der Waals surface area (Å²) in [5, 5.41) is 6.82. The molecule has 4 saturated heterocycles. The summed E-state index contributed by atoms with van der Waals surface area (Å²) in [6.07, 6.45) is 5.43. The van der Waals surface area contributed by atoms with Crippen molar-refractivity contribution in [1.29, 1.82) is 0 Å². The fourth-order valence-electron chi connectivity index (χ4n) is 10.1. The summed E-state index contributed by atoms with van der Waals surface area (Å²) in [5.41, 5.74) is 0.875. The van der Waals surface area contributed by atoms with Crippen molar-refractivity contribution in [2.24, 2.45) is 5.41 Å². The van der Waals surface area contributed by atoms with Gasteiger partial charge in [-0.1, -0.05) is 33.8 Å². The highest BCUT2D eigenvalue weighted by Crippen LogP contribution is 2.43. The van der Waals surface area contributed by atoms with Gasteiger partial charge in [-0.15, -0.1) is 0 Å². The Kier molecular flexibility index (Phi) is 10.1. The number of nitrogens with zero attached hydrogens (tertiary/aromatic N) is 5. The van der Waals surface area contributed by atoms with Gasteiger partial charge in [-0.3, -0.25) is 19.8 Å². The number of piperidine rings is 1. The molecule has 0 unspecified atom stereocenters. The Bertz CT molecular complexity index is 2050. The van der Waals surface area contributed by atoms with E-state index in [1.165, 1.54) is 6.07 Å². The van der Waals surface area contributed by atoms with Gasteiger partial charge in [0.25, 0.3) is 5.91 Å². The molecule has 0 bridgehead atoms. The number of amides is 3. The molecule has 3 atom stereocenters. The van der Waals surface area contributed by atoms with E-state index < -0.39 is 28.7 Å². The fraction of sp³-hybridized carbons (Fsp3) is 0.595. The number of carbonyl (C=O) groups is 3. The molecule has 56 heavy (non-hydrogen) atoms. The molecule has 1 spiro atoms. The Labute approximate surface area is 326 Å². The Morgan fingerprint density at radius 3 is 2.54 bits per heavy atom. The topological polar surface area (TPSA) is 129 Å². The van der Waals surface area contributed by atoms with Gasteiger partial charge in [-0.2, -0.15) is 9.97 Å². The Morgan fingerprint density at radius 1 is 1.02 bits per heavy atom. The second kappa shape index (κ2) is 14.7. The van der Waals surface area contributed by atoms with E-state index in [2.05, 4.69) is 20.4 Å². The van der Waals surface area contributed by atoms with E-state index in [4.69, 9.17) is 19.4 Å². The van der Waals surface area contributed by atoms with Gasteiger partial charge in [0, 0.05) is 48.8 Å². The molecular formula is C42H53F2N7O5. The number of ether oxygens (including phenoxy) is 2. The van der Waals surface area contributed by atoms with Gasteiger partial charge in [-0.05, 0) is 87.4 Å². The second-order valence-corrected chi connectivity index (χ2v) is 16.5. The van der Waals surface area contributed by atoms with Crippen molar-refractivity contribution in [3.05, 3.63) is 46.9 Å². The standard InChI is InChI=1S/C42H53F2N7O5/c1-5-29-31(44)12-11-26-19-28(56-37(53)40(6-2,7-3)8-4)20-33(34(26)29)49-18-13-30-32(23-49)45-39(55-25-41-14-9-17-51(41)22-27(43)21-41)46-35(30)50-16-10-15-42(24-50)36(52)47-38(54)48-42/h11-12,19-20,27H,5-10,13-18,21-25H2,1-4H3,(H2,47,48,52,54)/t27-,41+,42-/m1/s1. The zero-order valence-electron chi connectivity index (χ0n) is 32.9. The van der Waals surface area contributed by atoms with E-state index in [0.717, 1.165) is 47.1 Å². The van der Waals surface area contributed by atoms with Crippen LogP contribution in [-0.2, 0) is 29.0 Å². The molecule has 0 saturated carbocycles. The zero-order valence-corrected chi connectivity index (χ0v) is 32.9. The molecule has 1 aromatic heterocycles. The molecule has 2 N–H and O–H groups in total. The largest absolute Gasteiger partial charge is 0.461 e. The molecule has 5 aliphatic rings. The number of esters is 1. The average Bonchev–Trinajstić information content (AvgIpc) is 3.81. The first-order valence-corrected chi connectivity index (χ1v) is 20.5. The number of anilines is 2. The summed E-state index contributed by atoms with van der Waals surface area (Å²) in [4.78, 5) is 55.5. The summed E-state index contributed by atoms with van der Waals surface area (Å²) in [7, 11) is 0. The van der Waals surface area contributed by atoms with E-state index in [-0.39, 0.29) is 36.9 Å². The molecule has 2 aromatic carbocycles. The number of hydrogen-bond acceptors (Lipinski definition) is 10. The third kappa shape index (κ3) is 6.51. The molecule has 12 nitrogen and oxygen atoms in total. The number of urea groups is 1. The number of carbonyl (C=O) groups excluding carboxylic acids is 3. The molecule has 6 heterocycles. The van der Waals surface area contributed by atoms with Gasteiger partial charge >= 0.3 is 18.0 Å². The van der Waals surface area contributed by atoms with Crippen molar-refractivity contribution in [3.63, 3.8) is 0 Å². The molecule has 4 fully saturated rings. The number of rotatable bonds is 11. The number of benzene rings is 2. The summed E-state index contributed by atoms with van der Waals surface area (Å²) in [6, 6.07) is 6.56. The lowest BCUT2D eigenvalue weighted by Crippen LogP contribution is -2.59. The van der Waals surface area contributed by atoms with E-state index in [9.17, 15) is 18.8 Å². The second-order valence-electron chi connectivity index (χ2n) is 16.5. The number of imide groups is 1. The summed E-state index contributed by atoms with van der Waals surface area (Å²) < 4.78 is 42.8. The summed E-state index contributed by atoms with van der Waals surface area (Å²) in [6.45, 7) is 11.2. The van der Waals surface area contributed by atoms with Gasteiger partial charge in [0.15, 0.2) is 0 Å². The van der Waals surface area contributed by atoms with Crippen molar-refractivity contribution in [2.75, 3.05) is 49.1 Å². The molecule has 0 radical (unpaired) electrons. The van der Waals surface area contributed by atoms with Crippen LogP contribution in [0.1, 0.15) is 95.9 Å². The van der Waals surface area contributed by atoms with Crippen LogP contribution in [-0.4, -0.2) is 89.4 Å². The third-order valence-electron chi connectivity index (χ3n) is 13.5. The SMILES string of the molecule is CCc1c(F)ccc2cc(OC(=O)C(CC)(CC)CC)cc(N3CCc4c(nc(OC[C@@]56CCCN5C[C@H](F)C6)nc4N4CCC[C@]5(C4)NC(=O)NC5=O)C3)c12. The van der Waals surface area contributed by atoms with Gasteiger partial charge < -0.3 is 24.6 Å². The van der Waals surface area contributed by atoms with Crippen molar-refractivity contribution < 1.29 is 32.6 Å². The van der Waals surface area contributed by atoms with Crippen molar-refractivity contribution in [3.8, 4) is 11.8 Å². The molecule has 3 amide bonds. The smallest absolute Gasteiger partial charge is 0.322 e. The number of aromatic nitrogens is 2. The lowest BCUT2D eigenvalue weighted by atomic mass is 9.80. The zero-order chi connectivity index (χ0) is 39.4. The maximum absolute atomic E-state index is 15.5. The van der Waals surface area contributed by atoms with E-state index >= 15 is 4.39 Å². The lowest BCUT2D eigenvalue weighted by Gasteiger charge is -2.40. The molecule has 5 aliphatic heterocycles. The fourth-order valence-corrected chi connectivity index (χ4v) is 10.1. The van der Waals surface area contributed by atoms with Gasteiger partial charge in [-0.25, -0.2) is 13.6 Å². The van der Waals surface area contributed by atoms with Crippen molar-refractivity contribution in [1.82, 2.24) is 25.5 Å². The number of fused-ring (bicyclic) bond motifs is 3. The van der Waals surface area contributed by atoms with Crippen LogP contribution in [0.15, 0.2) is 24.3 Å². The Balaban J connectivity index is 1.18. The highest BCUT2D eigenvalue weighted by Gasteiger charge is 2.51. The van der Waals surface area contributed by atoms with Crippen molar-refractivity contribution in [2.45, 2.75) is 116 Å². The van der Waals surface area contributed by atoms with Crippen LogP contribution < -0.4 is 29.9 Å². The molecule has 3 aromatic rings. The maximum atomic E-state index is 15.5. The minimum atomic E-state index is -1.07. The highest BCUT2D eigenvalue weighted by atomic mass is 19.1. The van der Waals surface area contributed by atoms with Gasteiger partial charge in [0.1, 0.15) is 35.7 Å². The molecule has 0 aliphatic carbocycles. The van der Waals surface area contributed by atoms with E-state index in [1.807, 2.05) is 44.7 Å². The minimum absolute atomic E-state index is 0.173. The Morgan fingerprint density at radius 2 is 1.80 bits per heavy atom. The van der Waals surface area contributed by atoms with Crippen LogP contribution in [0.3, 0.4) is 0 Å². The maximum Gasteiger partial charge on any atom is 0.322 e. The molecular weight excluding hydrogens is 721 g/mol. The van der Waals surface area contributed by atoms with Crippen LogP contribution in [0.25, 0.3) is 10.8 Å². The highest BCUT2D eigenvalue weighted by molar-refractivity contribution is 6.07. The van der Waals surface area contributed by atoms with Crippen LogP contribution in [0.5, 0.6) is 11.8 Å². The number of alkyl halides is 1. The summed E-state index contributed by atoms with van der Waals surface area (Å²) in [5.74, 6) is 0.138. The Hall–Kier alpha value is -4.59. The number of nitrogens with one attached hydrogen (secondary N) is 2. The van der Waals surface area contributed by atoms with E-state index in [0.29, 0.717) is 94.7 Å². The first kappa shape index (κ1) is 38.3. The first-order valence-electron chi connectivity index (χ1n) is 20.5. The predicted octanol–water partition coefficient (Wildman–Crippen LogP) is 6.15. The third-order valence-corrected chi connectivity index (χ3v) is 13.5. The monoisotopic (exact) mass is 773 g/mol. The average molecular weight is 774 g/mol. The first-order chi connectivity index (χ1) is 27.0. The van der Waals surface area contributed by atoms with Crippen LogP contribution in [0.2, 0.25) is 0 Å². The quantitative estimate of drug-likeness (QED) is 0.133. The van der Waals surface area contributed by atoms with Gasteiger partial charge in [0.2, 0.25) is 0 Å². The normalized spacial score (nSPS) is 25.1. The number of aryl methyl sites for hydroxylation is 1. The van der Waals surface area contributed by atoms with E-state index in [1.54, 1.807) is 6.07 Å². The van der Waals surface area contributed by atoms with Crippen LogP contribution in [0.4, 0.5) is 25.1 Å². The minimum Gasteiger partial charge on any atom is -0.461 e. The number of halogens is 2. The van der Waals surface area contributed by atoms with Gasteiger partial charge in [0.05, 0.1) is 29.7 Å². The molecule has 8 rings (SSSR count). The van der Waals surface area contributed by atoms with Crippen LogP contribution >= 0.6 is 0 Å². The number of hydrogen-bond donors (Lipinski definition) is 2. The predicted molar refractivity (Wildman–Crippen MR) is 208 cm³/mol.